The van der Waals surface area contributed by atoms with Crippen molar-refractivity contribution >= 4 is 10.0 Å². The van der Waals surface area contributed by atoms with E-state index in [0.29, 0.717) is 17.2 Å². The second-order valence-electron chi connectivity index (χ2n) is 6.01. The fourth-order valence-electron chi connectivity index (χ4n) is 3.31. The maximum atomic E-state index is 13.0. The summed E-state index contributed by atoms with van der Waals surface area (Å²) in [7, 11) is -3.51. The van der Waals surface area contributed by atoms with E-state index >= 15 is 0 Å². The smallest absolute Gasteiger partial charge is 0.243 e. The van der Waals surface area contributed by atoms with Crippen molar-refractivity contribution in [1.29, 1.82) is 0 Å². The van der Waals surface area contributed by atoms with Crippen molar-refractivity contribution < 1.29 is 12.9 Å². The van der Waals surface area contributed by atoms with E-state index in [1.165, 1.54) is 0 Å². The third-order valence-corrected chi connectivity index (χ3v) is 6.49. The molecular weight excluding hydrogens is 312 g/mol. The summed E-state index contributed by atoms with van der Waals surface area (Å²) in [5.41, 5.74) is 2.82. The monoisotopic (exact) mass is 334 g/mol. The van der Waals surface area contributed by atoms with E-state index in [4.69, 9.17) is 4.52 Å². The van der Waals surface area contributed by atoms with Gasteiger partial charge in [-0.05, 0) is 50.8 Å². The van der Waals surface area contributed by atoms with Crippen LogP contribution in [-0.4, -0.2) is 24.4 Å². The minimum absolute atomic E-state index is 0.183. The molecule has 3 rings (SSSR count). The van der Waals surface area contributed by atoms with Gasteiger partial charge < -0.3 is 4.52 Å². The summed E-state index contributed by atoms with van der Waals surface area (Å²) in [5.74, 6) is 0.705. The Balaban J connectivity index is 1.98. The first-order chi connectivity index (χ1) is 10.9. The van der Waals surface area contributed by atoms with Crippen LogP contribution in [0.15, 0.2) is 33.7 Å². The predicted molar refractivity (Wildman–Crippen MR) is 87.7 cm³/mol. The Labute approximate surface area is 137 Å². The van der Waals surface area contributed by atoms with Gasteiger partial charge in [-0.15, -0.1) is 0 Å². The van der Waals surface area contributed by atoms with Crippen LogP contribution in [0.3, 0.4) is 0 Å². The molecule has 6 heteroatoms. The molecule has 0 spiro atoms. The minimum atomic E-state index is -3.51. The zero-order chi connectivity index (χ0) is 16.6. The fourth-order valence-corrected chi connectivity index (χ4v) is 4.98. The van der Waals surface area contributed by atoms with Crippen LogP contribution >= 0.6 is 0 Å². The van der Waals surface area contributed by atoms with Gasteiger partial charge >= 0.3 is 0 Å². The SMILES string of the molecule is CCc1ccc(S(=O)(=O)N2CCC[C@H]2c2c(C)noc2C)cc1. The van der Waals surface area contributed by atoms with Gasteiger partial charge in [-0.1, -0.05) is 24.2 Å². The van der Waals surface area contributed by atoms with Crippen LogP contribution in [0.5, 0.6) is 0 Å². The summed E-state index contributed by atoms with van der Waals surface area (Å²) in [4.78, 5) is 0.355. The molecule has 1 fully saturated rings. The van der Waals surface area contributed by atoms with Crippen molar-refractivity contribution in [3.8, 4) is 0 Å². The highest BCUT2D eigenvalue weighted by atomic mass is 32.2. The van der Waals surface area contributed by atoms with Crippen LogP contribution in [0.1, 0.15) is 48.4 Å². The average molecular weight is 334 g/mol. The first kappa shape index (κ1) is 16.2. The summed E-state index contributed by atoms with van der Waals surface area (Å²) >= 11 is 0. The van der Waals surface area contributed by atoms with E-state index in [-0.39, 0.29) is 6.04 Å². The summed E-state index contributed by atoms with van der Waals surface area (Å²) in [5, 5.41) is 3.98. The van der Waals surface area contributed by atoms with E-state index < -0.39 is 10.0 Å². The number of benzene rings is 1. The molecule has 0 bridgehead atoms. The molecule has 0 saturated carbocycles. The number of aryl methyl sites for hydroxylation is 3. The molecule has 1 aromatic heterocycles. The molecule has 23 heavy (non-hydrogen) atoms. The Morgan fingerprint density at radius 2 is 1.96 bits per heavy atom. The van der Waals surface area contributed by atoms with Crippen LogP contribution < -0.4 is 0 Å². The van der Waals surface area contributed by atoms with E-state index in [9.17, 15) is 8.42 Å². The van der Waals surface area contributed by atoms with Crippen LogP contribution in [0.4, 0.5) is 0 Å². The van der Waals surface area contributed by atoms with E-state index in [2.05, 4.69) is 12.1 Å². The molecule has 1 aliphatic rings. The van der Waals surface area contributed by atoms with Crippen molar-refractivity contribution in [2.45, 2.75) is 51.0 Å². The lowest BCUT2D eigenvalue weighted by atomic mass is 10.0. The molecule has 5 nitrogen and oxygen atoms in total. The van der Waals surface area contributed by atoms with Gasteiger partial charge in [0.2, 0.25) is 10.0 Å². The van der Waals surface area contributed by atoms with Gasteiger partial charge in [-0.3, -0.25) is 0 Å². The Morgan fingerprint density at radius 1 is 1.26 bits per heavy atom. The van der Waals surface area contributed by atoms with Gasteiger partial charge in [0.15, 0.2) is 0 Å². The average Bonchev–Trinajstić information content (AvgIpc) is 3.14. The lowest BCUT2D eigenvalue weighted by Crippen LogP contribution is -2.31. The van der Waals surface area contributed by atoms with Crippen LogP contribution in [0, 0.1) is 13.8 Å². The highest BCUT2D eigenvalue weighted by Gasteiger charge is 2.38. The largest absolute Gasteiger partial charge is 0.361 e. The number of aromatic nitrogens is 1. The Bertz CT molecular complexity index is 774. The molecule has 0 unspecified atom stereocenters. The maximum Gasteiger partial charge on any atom is 0.243 e. The van der Waals surface area contributed by atoms with Crippen molar-refractivity contribution in [3.63, 3.8) is 0 Å². The summed E-state index contributed by atoms with van der Waals surface area (Å²) < 4.78 is 32.9. The van der Waals surface area contributed by atoms with Gasteiger partial charge in [0.05, 0.1) is 16.6 Å². The van der Waals surface area contributed by atoms with Crippen LogP contribution in [0.2, 0.25) is 0 Å². The van der Waals surface area contributed by atoms with E-state index in [1.807, 2.05) is 26.0 Å². The lowest BCUT2D eigenvalue weighted by molar-refractivity contribution is 0.376. The molecule has 2 aromatic rings. The normalized spacial score (nSPS) is 19.3. The highest BCUT2D eigenvalue weighted by Crippen LogP contribution is 2.39. The van der Waals surface area contributed by atoms with Gasteiger partial charge in [-0.25, -0.2) is 8.42 Å². The van der Waals surface area contributed by atoms with E-state index in [1.54, 1.807) is 16.4 Å². The number of hydrogen-bond acceptors (Lipinski definition) is 4. The fraction of sp³-hybridized carbons (Fsp3) is 0.471. The maximum absolute atomic E-state index is 13.0. The zero-order valence-electron chi connectivity index (χ0n) is 13.7. The molecule has 0 amide bonds. The lowest BCUT2D eigenvalue weighted by Gasteiger charge is -2.24. The van der Waals surface area contributed by atoms with Gasteiger partial charge in [0, 0.05) is 12.1 Å². The van der Waals surface area contributed by atoms with Gasteiger partial charge in [0.1, 0.15) is 5.76 Å². The second-order valence-corrected chi connectivity index (χ2v) is 7.90. The van der Waals surface area contributed by atoms with Crippen LogP contribution in [-0.2, 0) is 16.4 Å². The summed E-state index contributed by atoms with van der Waals surface area (Å²) in [6, 6.07) is 6.99. The molecule has 1 aliphatic heterocycles. The Kier molecular flexibility index (Phi) is 4.29. The quantitative estimate of drug-likeness (QED) is 0.860. The number of hydrogen-bond donors (Lipinski definition) is 0. The van der Waals surface area contributed by atoms with Gasteiger partial charge in [0.25, 0.3) is 0 Å². The minimum Gasteiger partial charge on any atom is -0.361 e. The molecule has 1 aromatic carbocycles. The molecular formula is C17H22N2O3S. The molecule has 124 valence electrons. The Morgan fingerprint density at radius 3 is 2.52 bits per heavy atom. The first-order valence-corrected chi connectivity index (χ1v) is 9.42. The second kappa shape index (κ2) is 6.09. The molecule has 1 saturated heterocycles. The molecule has 2 heterocycles. The Hall–Kier alpha value is -1.66. The standard InChI is InChI=1S/C17H22N2O3S/c1-4-14-7-9-15(10-8-14)23(20,21)19-11-5-6-16(19)17-12(2)18-22-13(17)3/h7-10,16H,4-6,11H2,1-3H3/t16-/m0/s1. The highest BCUT2D eigenvalue weighted by molar-refractivity contribution is 7.89. The van der Waals surface area contributed by atoms with Gasteiger partial charge in [-0.2, -0.15) is 4.31 Å². The number of rotatable bonds is 4. The zero-order valence-corrected chi connectivity index (χ0v) is 14.6. The predicted octanol–water partition coefficient (Wildman–Crippen LogP) is 3.38. The third kappa shape index (κ3) is 2.81. The number of sulfonamides is 1. The summed E-state index contributed by atoms with van der Waals surface area (Å²) in [6.45, 7) is 6.30. The van der Waals surface area contributed by atoms with Crippen LogP contribution in [0.25, 0.3) is 0 Å². The topological polar surface area (TPSA) is 63.4 Å². The summed E-state index contributed by atoms with van der Waals surface area (Å²) in [6.07, 6.45) is 2.54. The third-order valence-electron chi connectivity index (χ3n) is 4.56. The van der Waals surface area contributed by atoms with Crippen molar-refractivity contribution in [2.75, 3.05) is 6.54 Å². The van der Waals surface area contributed by atoms with Crippen molar-refractivity contribution in [3.05, 3.63) is 46.8 Å². The molecule has 1 atom stereocenters. The van der Waals surface area contributed by atoms with Crippen molar-refractivity contribution in [2.24, 2.45) is 0 Å². The molecule has 0 N–H and O–H groups in total. The molecule has 0 radical (unpaired) electrons. The van der Waals surface area contributed by atoms with E-state index in [0.717, 1.165) is 36.1 Å². The first-order valence-electron chi connectivity index (χ1n) is 7.98. The molecule has 0 aliphatic carbocycles. The number of nitrogens with zero attached hydrogens (tertiary/aromatic N) is 2. The van der Waals surface area contributed by atoms with Crippen molar-refractivity contribution in [1.82, 2.24) is 9.46 Å².